The van der Waals surface area contributed by atoms with Gasteiger partial charge in [-0.1, -0.05) is 6.92 Å². The third kappa shape index (κ3) is 5.36. The highest BCUT2D eigenvalue weighted by atomic mass is 16.5. The summed E-state index contributed by atoms with van der Waals surface area (Å²) in [7, 11) is 0. The number of hydrogen-bond donors (Lipinski definition) is 2. The molecule has 0 saturated carbocycles. The van der Waals surface area contributed by atoms with Crippen molar-refractivity contribution in [2.75, 3.05) is 19.8 Å². The van der Waals surface area contributed by atoms with Gasteiger partial charge in [0.2, 0.25) is 5.91 Å². The van der Waals surface area contributed by atoms with Crippen LogP contribution in [0.3, 0.4) is 0 Å². The monoisotopic (exact) mass is 256 g/mol. The molecule has 0 aromatic rings. The van der Waals surface area contributed by atoms with Crippen LogP contribution in [-0.4, -0.2) is 37.2 Å². The Hall–Kier alpha value is -0.610. The van der Waals surface area contributed by atoms with Crippen molar-refractivity contribution < 1.29 is 9.53 Å². The van der Waals surface area contributed by atoms with Gasteiger partial charge in [0.25, 0.3) is 0 Å². The topological polar surface area (TPSA) is 50.4 Å². The van der Waals surface area contributed by atoms with Gasteiger partial charge < -0.3 is 15.4 Å². The van der Waals surface area contributed by atoms with E-state index in [4.69, 9.17) is 4.74 Å². The summed E-state index contributed by atoms with van der Waals surface area (Å²) < 4.78 is 5.43. The van der Waals surface area contributed by atoms with Crippen LogP contribution in [0.5, 0.6) is 0 Å². The van der Waals surface area contributed by atoms with Crippen molar-refractivity contribution in [3.8, 4) is 0 Å². The number of ether oxygens (including phenoxy) is 1. The molecule has 106 valence electrons. The lowest BCUT2D eigenvalue weighted by Gasteiger charge is -2.28. The van der Waals surface area contributed by atoms with E-state index in [2.05, 4.69) is 17.6 Å². The second-order valence-electron chi connectivity index (χ2n) is 5.94. The molecule has 1 aliphatic rings. The highest BCUT2D eigenvalue weighted by Crippen LogP contribution is 2.12. The van der Waals surface area contributed by atoms with Crippen LogP contribution in [0, 0.1) is 5.92 Å². The van der Waals surface area contributed by atoms with Gasteiger partial charge in [-0.3, -0.25) is 4.79 Å². The minimum absolute atomic E-state index is 0.0820. The Bertz CT molecular complexity index is 261. The molecular weight excluding hydrogens is 228 g/mol. The van der Waals surface area contributed by atoms with E-state index in [1.54, 1.807) is 0 Å². The van der Waals surface area contributed by atoms with Crippen LogP contribution in [-0.2, 0) is 9.53 Å². The molecule has 0 radical (unpaired) electrons. The molecule has 2 atom stereocenters. The Labute approximate surface area is 111 Å². The van der Waals surface area contributed by atoms with E-state index >= 15 is 0 Å². The predicted octanol–water partition coefficient (Wildman–Crippen LogP) is 1.70. The number of carbonyl (C=O) groups excluding carboxylic acids is 1. The Morgan fingerprint density at radius 1 is 1.50 bits per heavy atom. The summed E-state index contributed by atoms with van der Waals surface area (Å²) in [6.45, 7) is 10.7. The zero-order chi connectivity index (χ0) is 13.6. The first-order valence-corrected chi connectivity index (χ1v) is 7.08. The van der Waals surface area contributed by atoms with Gasteiger partial charge in [0.15, 0.2) is 0 Å². The van der Waals surface area contributed by atoms with Gasteiger partial charge in [0.1, 0.15) is 0 Å². The van der Waals surface area contributed by atoms with Crippen LogP contribution < -0.4 is 10.6 Å². The lowest BCUT2D eigenvalue weighted by atomic mass is 10.0. The fraction of sp³-hybridized carbons (Fsp3) is 0.929. The average molecular weight is 256 g/mol. The number of hydrogen-bond acceptors (Lipinski definition) is 3. The molecule has 0 aliphatic carbocycles. The van der Waals surface area contributed by atoms with Gasteiger partial charge >= 0.3 is 0 Å². The predicted molar refractivity (Wildman–Crippen MR) is 73.5 cm³/mol. The lowest BCUT2D eigenvalue weighted by molar-refractivity contribution is -0.124. The number of nitrogens with one attached hydrogen (secondary N) is 2. The molecule has 2 N–H and O–H groups in total. The largest absolute Gasteiger partial charge is 0.381 e. The Morgan fingerprint density at radius 2 is 2.22 bits per heavy atom. The molecule has 1 amide bonds. The van der Waals surface area contributed by atoms with Crippen molar-refractivity contribution in [3.63, 3.8) is 0 Å². The molecule has 18 heavy (non-hydrogen) atoms. The molecule has 1 rings (SSSR count). The zero-order valence-electron chi connectivity index (χ0n) is 12.2. The van der Waals surface area contributed by atoms with Crippen LogP contribution in [0.25, 0.3) is 0 Å². The van der Waals surface area contributed by atoms with E-state index in [9.17, 15) is 4.79 Å². The molecular formula is C14H28N2O2. The van der Waals surface area contributed by atoms with Crippen molar-refractivity contribution in [1.82, 2.24) is 10.6 Å². The van der Waals surface area contributed by atoms with Crippen molar-refractivity contribution in [3.05, 3.63) is 0 Å². The summed E-state index contributed by atoms with van der Waals surface area (Å²) in [5.41, 5.74) is -0.124. The molecule has 1 heterocycles. The first-order chi connectivity index (χ1) is 8.44. The smallest absolute Gasteiger partial charge is 0.237 e. The summed E-state index contributed by atoms with van der Waals surface area (Å²) in [6, 6.07) is -0.141. The maximum Gasteiger partial charge on any atom is 0.237 e. The number of carbonyl (C=O) groups is 1. The highest BCUT2D eigenvalue weighted by molar-refractivity contribution is 5.81. The highest BCUT2D eigenvalue weighted by Gasteiger charge is 2.22. The van der Waals surface area contributed by atoms with E-state index in [1.165, 1.54) is 6.42 Å². The van der Waals surface area contributed by atoms with Gasteiger partial charge in [-0.05, 0) is 46.0 Å². The van der Waals surface area contributed by atoms with Gasteiger partial charge in [0.05, 0.1) is 12.6 Å². The van der Waals surface area contributed by atoms with Gasteiger partial charge in [-0.15, -0.1) is 0 Å². The van der Waals surface area contributed by atoms with E-state index in [1.807, 2.05) is 20.8 Å². The standard InChI is InChI=1S/C14H28N2O2/c1-5-14(3,4)16-13(17)11(2)15-9-12-7-6-8-18-10-12/h11-12,15H,5-10H2,1-4H3,(H,16,17). The van der Waals surface area contributed by atoms with E-state index in [0.29, 0.717) is 5.92 Å². The fourth-order valence-electron chi connectivity index (χ4n) is 1.93. The van der Waals surface area contributed by atoms with E-state index < -0.39 is 0 Å². The first kappa shape index (κ1) is 15.4. The fourth-order valence-corrected chi connectivity index (χ4v) is 1.93. The van der Waals surface area contributed by atoms with Crippen molar-refractivity contribution in [1.29, 1.82) is 0 Å². The zero-order valence-corrected chi connectivity index (χ0v) is 12.2. The van der Waals surface area contributed by atoms with E-state index in [0.717, 1.165) is 32.6 Å². The molecule has 0 aromatic carbocycles. The maximum absolute atomic E-state index is 12.0. The van der Waals surface area contributed by atoms with Gasteiger partial charge in [-0.25, -0.2) is 0 Å². The van der Waals surface area contributed by atoms with E-state index in [-0.39, 0.29) is 17.5 Å². The first-order valence-electron chi connectivity index (χ1n) is 7.08. The molecule has 4 nitrogen and oxygen atoms in total. The molecule has 2 unspecified atom stereocenters. The average Bonchev–Trinajstić information content (AvgIpc) is 2.36. The van der Waals surface area contributed by atoms with Crippen LogP contribution in [0.2, 0.25) is 0 Å². The van der Waals surface area contributed by atoms with Crippen LogP contribution >= 0.6 is 0 Å². The van der Waals surface area contributed by atoms with Crippen LogP contribution in [0.15, 0.2) is 0 Å². The Morgan fingerprint density at radius 3 is 2.78 bits per heavy atom. The maximum atomic E-state index is 12.0. The summed E-state index contributed by atoms with van der Waals surface area (Å²) in [5, 5.41) is 6.37. The minimum Gasteiger partial charge on any atom is -0.381 e. The van der Waals surface area contributed by atoms with Gasteiger partial charge in [-0.2, -0.15) is 0 Å². The molecule has 1 aliphatic heterocycles. The Kier molecular flexibility index (Phi) is 6.09. The molecule has 1 saturated heterocycles. The molecule has 0 spiro atoms. The third-order valence-corrected chi connectivity index (χ3v) is 3.71. The van der Waals surface area contributed by atoms with Crippen molar-refractivity contribution in [2.45, 2.75) is 58.5 Å². The Balaban J connectivity index is 2.26. The summed E-state index contributed by atoms with van der Waals surface area (Å²) >= 11 is 0. The lowest BCUT2D eigenvalue weighted by Crippen LogP contribution is -2.51. The number of rotatable bonds is 6. The second-order valence-corrected chi connectivity index (χ2v) is 5.94. The van der Waals surface area contributed by atoms with Crippen molar-refractivity contribution in [2.24, 2.45) is 5.92 Å². The quantitative estimate of drug-likeness (QED) is 0.760. The van der Waals surface area contributed by atoms with Crippen LogP contribution in [0.1, 0.15) is 47.0 Å². The normalized spacial score (nSPS) is 22.6. The van der Waals surface area contributed by atoms with Gasteiger partial charge in [0, 0.05) is 18.7 Å². The third-order valence-electron chi connectivity index (χ3n) is 3.71. The summed E-state index contributed by atoms with van der Waals surface area (Å²) in [4.78, 5) is 12.0. The molecule has 0 bridgehead atoms. The summed E-state index contributed by atoms with van der Waals surface area (Å²) in [5.74, 6) is 0.631. The van der Waals surface area contributed by atoms with Crippen LogP contribution in [0.4, 0.5) is 0 Å². The molecule has 4 heteroatoms. The second kappa shape index (κ2) is 7.10. The minimum atomic E-state index is -0.141. The van der Waals surface area contributed by atoms with Crippen molar-refractivity contribution >= 4 is 5.91 Å². The number of amides is 1. The molecule has 0 aromatic heterocycles. The molecule has 1 fully saturated rings. The SMILES string of the molecule is CCC(C)(C)NC(=O)C(C)NCC1CCCOC1. The summed E-state index contributed by atoms with van der Waals surface area (Å²) in [6.07, 6.45) is 3.26.